The summed E-state index contributed by atoms with van der Waals surface area (Å²) in [4.78, 5) is 68.5. The number of carbonyl (C=O) groups is 3. The van der Waals surface area contributed by atoms with Gasteiger partial charge in [-0.2, -0.15) is 4.98 Å². The minimum atomic E-state index is -0.375. The molecule has 1 unspecified atom stereocenters. The van der Waals surface area contributed by atoms with Crippen molar-refractivity contribution in [1.82, 2.24) is 29.7 Å². The Morgan fingerprint density at radius 1 is 0.925 bits per heavy atom. The molecule has 1 aliphatic carbocycles. The van der Waals surface area contributed by atoms with Crippen LogP contribution in [0.1, 0.15) is 91.7 Å². The second-order valence-corrected chi connectivity index (χ2v) is 15.2. The van der Waals surface area contributed by atoms with Crippen LogP contribution in [0.3, 0.4) is 0 Å². The molecular weight excluding hydrogens is 670 g/mol. The molecule has 3 aromatic heterocycles. The molecule has 4 aliphatic rings. The lowest BCUT2D eigenvalue weighted by atomic mass is 9.89. The van der Waals surface area contributed by atoms with Crippen molar-refractivity contribution < 1.29 is 14.4 Å². The van der Waals surface area contributed by atoms with E-state index in [-0.39, 0.29) is 40.8 Å². The number of anilines is 4. The van der Waals surface area contributed by atoms with Gasteiger partial charge in [0, 0.05) is 67.2 Å². The number of fused-ring (bicyclic) bond motifs is 1. The molecule has 1 saturated carbocycles. The van der Waals surface area contributed by atoms with Crippen molar-refractivity contribution in [2.75, 3.05) is 48.3 Å². The Hall–Kier alpha value is -5.17. The zero-order chi connectivity index (χ0) is 36.6. The van der Waals surface area contributed by atoms with E-state index in [0.717, 1.165) is 82.3 Å². The quantitative estimate of drug-likeness (QED) is 0.149. The summed E-state index contributed by atoms with van der Waals surface area (Å²) in [5.74, 6) is 1.44. The van der Waals surface area contributed by atoms with Gasteiger partial charge in [-0.1, -0.05) is 18.9 Å². The lowest BCUT2D eigenvalue weighted by Gasteiger charge is -2.44. The number of Topliss-reactive ketones (excluding diaryl/α,β-unsaturated/α-hetero) is 1. The van der Waals surface area contributed by atoms with Crippen molar-refractivity contribution in [2.45, 2.75) is 83.2 Å². The molecule has 13 nitrogen and oxygen atoms in total. The fraction of sp³-hybridized carbons (Fsp3) is 0.475. The Bertz CT molecular complexity index is 2080. The van der Waals surface area contributed by atoms with Crippen LogP contribution in [0, 0.1) is 12.8 Å². The molecule has 1 atom stereocenters. The molecule has 3 N–H and O–H groups in total. The molecular formula is C40H47N9O4. The van der Waals surface area contributed by atoms with E-state index in [1.165, 1.54) is 18.2 Å². The first kappa shape index (κ1) is 34.9. The minimum Gasteiger partial charge on any atom is -0.374 e. The van der Waals surface area contributed by atoms with E-state index in [1.54, 1.807) is 17.7 Å². The first-order chi connectivity index (χ1) is 25.7. The van der Waals surface area contributed by atoms with Crippen molar-refractivity contribution in [1.29, 1.82) is 0 Å². The second-order valence-electron chi connectivity index (χ2n) is 15.2. The SMILES string of the molecule is CC(=O)c1c(C)c2cnc(Nc3ccc(C4CCN(CC5CN(c6ccc(NC7CCC(=O)NC7=O)cc6)C5)CC4)cn3)nc2n(C2CCCC2)c1=O. The van der Waals surface area contributed by atoms with Gasteiger partial charge in [0.2, 0.25) is 17.8 Å². The first-order valence-corrected chi connectivity index (χ1v) is 19.0. The number of aryl methyl sites for hydroxylation is 1. The monoisotopic (exact) mass is 717 g/mol. The van der Waals surface area contributed by atoms with Gasteiger partial charge in [-0.3, -0.25) is 29.1 Å². The molecule has 53 heavy (non-hydrogen) atoms. The van der Waals surface area contributed by atoms with E-state index >= 15 is 0 Å². The summed E-state index contributed by atoms with van der Waals surface area (Å²) in [6.07, 6.45) is 10.6. The largest absolute Gasteiger partial charge is 0.374 e. The number of hydrogen-bond acceptors (Lipinski definition) is 11. The molecule has 4 aromatic rings. The molecule has 3 saturated heterocycles. The lowest BCUT2D eigenvalue weighted by molar-refractivity contribution is -0.133. The van der Waals surface area contributed by atoms with Crippen LogP contribution in [0.5, 0.6) is 0 Å². The molecule has 4 fully saturated rings. The number of benzene rings is 1. The normalized spacial score (nSPS) is 20.4. The van der Waals surface area contributed by atoms with E-state index in [2.05, 4.69) is 48.9 Å². The summed E-state index contributed by atoms with van der Waals surface area (Å²) in [6, 6.07) is 12.0. The van der Waals surface area contributed by atoms with E-state index < -0.39 is 0 Å². The second kappa shape index (κ2) is 14.7. The maximum Gasteiger partial charge on any atom is 0.263 e. The molecule has 0 bridgehead atoms. The molecule has 8 rings (SSSR count). The van der Waals surface area contributed by atoms with Crippen molar-refractivity contribution in [3.63, 3.8) is 0 Å². The zero-order valence-corrected chi connectivity index (χ0v) is 30.4. The van der Waals surface area contributed by atoms with Crippen molar-refractivity contribution in [3.8, 4) is 0 Å². The number of piperidine rings is 2. The molecule has 0 radical (unpaired) electrons. The van der Waals surface area contributed by atoms with Crippen LogP contribution in [0.2, 0.25) is 0 Å². The smallest absolute Gasteiger partial charge is 0.263 e. The van der Waals surface area contributed by atoms with Gasteiger partial charge in [-0.25, -0.2) is 9.97 Å². The zero-order valence-electron chi connectivity index (χ0n) is 30.4. The van der Waals surface area contributed by atoms with Gasteiger partial charge in [0.25, 0.3) is 5.56 Å². The van der Waals surface area contributed by atoms with Crippen LogP contribution in [0.15, 0.2) is 53.6 Å². The number of amides is 2. The van der Waals surface area contributed by atoms with Gasteiger partial charge in [-0.15, -0.1) is 0 Å². The summed E-state index contributed by atoms with van der Waals surface area (Å²) >= 11 is 0. The highest BCUT2D eigenvalue weighted by atomic mass is 16.2. The average molecular weight is 718 g/mol. The highest BCUT2D eigenvalue weighted by Gasteiger charge is 2.31. The Morgan fingerprint density at radius 3 is 2.36 bits per heavy atom. The first-order valence-electron chi connectivity index (χ1n) is 19.0. The van der Waals surface area contributed by atoms with Crippen molar-refractivity contribution in [2.24, 2.45) is 5.92 Å². The number of pyridine rings is 2. The third-order valence-corrected chi connectivity index (χ3v) is 11.6. The number of likely N-dealkylation sites (tertiary alicyclic amines) is 1. The number of nitrogens with zero attached hydrogens (tertiary/aromatic N) is 6. The van der Waals surface area contributed by atoms with Gasteiger partial charge in [-0.05, 0) is 106 Å². The summed E-state index contributed by atoms with van der Waals surface area (Å²) in [5, 5.41) is 9.61. The maximum atomic E-state index is 13.5. The summed E-state index contributed by atoms with van der Waals surface area (Å²) < 4.78 is 1.73. The van der Waals surface area contributed by atoms with Gasteiger partial charge in [0.15, 0.2) is 5.78 Å². The molecule has 0 spiro atoms. The number of rotatable bonds is 10. The Morgan fingerprint density at radius 2 is 1.68 bits per heavy atom. The topological polar surface area (TPSA) is 154 Å². The maximum absolute atomic E-state index is 13.5. The molecule has 6 heterocycles. The van der Waals surface area contributed by atoms with Crippen LogP contribution in [-0.4, -0.2) is 80.8 Å². The van der Waals surface area contributed by atoms with Crippen LogP contribution >= 0.6 is 0 Å². The van der Waals surface area contributed by atoms with E-state index in [9.17, 15) is 19.2 Å². The van der Waals surface area contributed by atoms with Crippen LogP contribution in [-0.2, 0) is 9.59 Å². The van der Waals surface area contributed by atoms with Crippen LogP contribution in [0.4, 0.5) is 23.1 Å². The Balaban J connectivity index is 0.826. The minimum absolute atomic E-state index is 0.0287. The van der Waals surface area contributed by atoms with E-state index in [4.69, 9.17) is 9.97 Å². The van der Waals surface area contributed by atoms with Gasteiger partial charge in [0.1, 0.15) is 17.5 Å². The third-order valence-electron chi connectivity index (χ3n) is 11.6. The number of carbonyl (C=O) groups excluding carboxylic acids is 3. The van der Waals surface area contributed by atoms with E-state index in [0.29, 0.717) is 47.7 Å². The van der Waals surface area contributed by atoms with Gasteiger partial charge >= 0.3 is 0 Å². The number of ketones is 1. The summed E-state index contributed by atoms with van der Waals surface area (Å²) in [7, 11) is 0. The number of imide groups is 1. The highest BCUT2D eigenvalue weighted by Crippen LogP contribution is 2.33. The molecule has 1 aromatic carbocycles. The standard InChI is InChI=1S/C40H47N9O4/c1-24-32-20-42-40(46-37(32)49(31-5-3-4-6-31)39(53)36(24)25(2)50)44-34-13-7-28(19-41-34)27-15-17-47(18-16-27)21-26-22-48(23-26)30-10-8-29(9-11-30)43-33-12-14-35(51)45-38(33)52/h7-11,13,19-20,26-27,31,33,43H,3-6,12,14-18,21-23H2,1-2H3,(H,45,51,52)(H,41,42,44,46). The number of hydrogen-bond donors (Lipinski definition) is 3. The molecule has 2 amide bonds. The average Bonchev–Trinajstić information content (AvgIpc) is 3.66. The number of nitrogens with one attached hydrogen (secondary N) is 3. The third kappa shape index (κ3) is 7.26. The van der Waals surface area contributed by atoms with Crippen molar-refractivity contribution >= 4 is 51.8 Å². The van der Waals surface area contributed by atoms with E-state index in [1.807, 2.05) is 24.4 Å². The fourth-order valence-electron chi connectivity index (χ4n) is 8.66. The molecule has 276 valence electrons. The Labute approximate surface area is 308 Å². The van der Waals surface area contributed by atoms with Crippen molar-refractivity contribution in [3.05, 3.63) is 75.8 Å². The lowest BCUT2D eigenvalue weighted by Crippen LogP contribution is -2.52. The predicted octanol–water partition coefficient (Wildman–Crippen LogP) is 5.09. The van der Waals surface area contributed by atoms with Gasteiger partial charge in [0.05, 0.1) is 5.56 Å². The summed E-state index contributed by atoms with van der Waals surface area (Å²) in [5.41, 5.74) is 4.48. The summed E-state index contributed by atoms with van der Waals surface area (Å²) in [6.45, 7) is 8.57. The fourth-order valence-corrected chi connectivity index (χ4v) is 8.66. The predicted molar refractivity (Wildman–Crippen MR) is 204 cm³/mol. The number of aromatic nitrogens is 4. The molecule has 13 heteroatoms. The van der Waals surface area contributed by atoms with Crippen LogP contribution in [0.25, 0.3) is 11.0 Å². The highest BCUT2D eigenvalue weighted by molar-refractivity contribution is 6.01. The Kier molecular flexibility index (Phi) is 9.67. The molecule has 3 aliphatic heterocycles. The van der Waals surface area contributed by atoms with Gasteiger partial charge < -0.3 is 20.4 Å². The van der Waals surface area contributed by atoms with Crippen LogP contribution < -0.4 is 26.4 Å².